The predicted octanol–water partition coefficient (Wildman–Crippen LogP) is 6.89. The van der Waals surface area contributed by atoms with Gasteiger partial charge in [-0.1, -0.05) is 115 Å². The normalized spacial score (nSPS) is 23.5. The Bertz CT molecular complexity index is 1790. The number of rotatable bonds is 10. The van der Waals surface area contributed by atoms with Gasteiger partial charge in [0.05, 0.1) is 29.9 Å². The summed E-state index contributed by atoms with van der Waals surface area (Å²) in [6, 6.07) is 43.9. The second-order valence-corrected chi connectivity index (χ2v) is 12.2. The van der Waals surface area contributed by atoms with Crippen LogP contribution in [-0.4, -0.2) is 61.6 Å². The van der Waals surface area contributed by atoms with Crippen LogP contribution in [0.15, 0.2) is 152 Å². The summed E-state index contributed by atoms with van der Waals surface area (Å²) in [5.41, 5.74) is 2.27. The predicted molar refractivity (Wildman–Crippen MR) is 187 cm³/mol. The smallest absolute Gasteiger partial charge is 0.338 e. The number of carbonyl (C=O) groups excluding carboxylic acids is 3. The molecule has 52 heavy (non-hydrogen) atoms. The molecule has 2 aliphatic rings. The lowest BCUT2D eigenvalue weighted by Crippen LogP contribution is -2.60. The molecule has 2 heterocycles. The highest BCUT2D eigenvalue weighted by Gasteiger charge is 2.51. The molecule has 10 heteroatoms. The van der Waals surface area contributed by atoms with E-state index >= 15 is 0 Å². The third-order valence-electron chi connectivity index (χ3n) is 8.70. The lowest BCUT2D eigenvalue weighted by molar-refractivity contribution is -0.317. The zero-order valence-electron chi connectivity index (χ0n) is 28.0. The average molecular weight is 701 g/mol. The van der Waals surface area contributed by atoms with Gasteiger partial charge in [-0.2, -0.15) is 0 Å². The maximum atomic E-state index is 13.9. The maximum absolute atomic E-state index is 13.9. The molecule has 264 valence electrons. The van der Waals surface area contributed by atoms with Crippen LogP contribution in [0.25, 0.3) is 0 Å². The van der Waals surface area contributed by atoms with E-state index in [4.69, 9.17) is 33.2 Å². The van der Waals surface area contributed by atoms with E-state index in [1.807, 2.05) is 60.7 Å². The van der Waals surface area contributed by atoms with Gasteiger partial charge in [0, 0.05) is 11.1 Å². The molecule has 2 saturated heterocycles. The Morgan fingerprint density at radius 3 is 1.15 bits per heavy atom. The molecule has 0 saturated carbocycles. The van der Waals surface area contributed by atoms with Crippen LogP contribution in [0, 0.1) is 0 Å². The van der Waals surface area contributed by atoms with Gasteiger partial charge in [-0.3, -0.25) is 0 Å². The van der Waals surface area contributed by atoms with E-state index in [1.54, 1.807) is 91.0 Å². The van der Waals surface area contributed by atoms with Crippen molar-refractivity contribution in [1.29, 1.82) is 0 Å². The first-order chi connectivity index (χ1) is 25.5. The molecular weight excluding hydrogens is 664 g/mol. The molecule has 2 aliphatic heterocycles. The average Bonchev–Trinajstić information content (AvgIpc) is 3.22. The van der Waals surface area contributed by atoms with E-state index in [1.165, 1.54) is 0 Å². The minimum atomic E-state index is -1.32. The summed E-state index contributed by atoms with van der Waals surface area (Å²) < 4.78 is 43.9. The molecular formula is C42H36O10. The topological polar surface area (TPSA) is 116 Å². The summed E-state index contributed by atoms with van der Waals surface area (Å²) in [6.07, 6.45) is -7.69. The standard InChI is InChI=1S/C42H36O10/c43-38(28-16-6-1-7-17-28)48-33-26-46-41(31-22-12-4-13-23-31)51-35(33)37(50-40(45)30-20-10-3-11-21-30)36-34(49-39(44)29-18-8-2-9-19-29)27-47-42(52-36)32-24-14-5-15-25-32/h1-25,33-37,41-42H,26-27H2. The minimum Gasteiger partial charge on any atom is -0.453 e. The van der Waals surface area contributed by atoms with Gasteiger partial charge in [-0.05, 0) is 36.4 Å². The van der Waals surface area contributed by atoms with Crippen LogP contribution in [0.5, 0.6) is 0 Å². The highest BCUT2D eigenvalue weighted by Crippen LogP contribution is 2.37. The number of ether oxygens (including phenoxy) is 7. The SMILES string of the molecule is O=C(OC1COC(c2ccccc2)OC1C(OC(=O)c1ccccc1)C1OC(c2ccccc2)OCC1OC(=O)c1ccccc1)c1ccccc1. The molecule has 0 bridgehead atoms. The highest BCUT2D eigenvalue weighted by atomic mass is 16.7. The molecule has 0 spiro atoms. The van der Waals surface area contributed by atoms with E-state index in [0.29, 0.717) is 22.3 Å². The molecule has 5 aromatic carbocycles. The largest absolute Gasteiger partial charge is 0.453 e. The summed E-state index contributed by atoms with van der Waals surface area (Å²) in [7, 11) is 0. The zero-order valence-corrected chi connectivity index (χ0v) is 28.0. The van der Waals surface area contributed by atoms with Crippen LogP contribution in [0.2, 0.25) is 0 Å². The van der Waals surface area contributed by atoms with Gasteiger partial charge in [-0.25, -0.2) is 14.4 Å². The monoisotopic (exact) mass is 700 g/mol. The lowest BCUT2D eigenvalue weighted by Gasteiger charge is -2.45. The van der Waals surface area contributed by atoms with Crippen LogP contribution >= 0.6 is 0 Å². The fraction of sp³-hybridized carbons (Fsp3) is 0.214. The number of benzene rings is 5. The Hall–Kier alpha value is -5.65. The molecule has 0 aromatic heterocycles. The molecule has 0 amide bonds. The summed E-state index contributed by atoms with van der Waals surface area (Å²) in [6.45, 7) is -0.218. The Morgan fingerprint density at radius 2 is 0.788 bits per heavy atom. The second kappa shape index (κ2) is 16.6. The summed E-state index contributed by atoms with van der Waals surface area (Å²) >= 11 is 0. The van der Waals surface area contributed by atoms with Crippen molar-refractivity contribution in [2.75, 3.05) is 13.2 Å². The van der Waals surface area contributed by atoms with Crippen LogP contribution in [-0.2, 0) is 33.2 Å². The summed E-state index contributed by atoms with van der Waals surface area (Å²) in [5.74, 6) is -1.95. The molecule has 5 aromatic rings. The first kappa shape index (κ1) is 34.8. The van der Waals surface area contributed by atoms with Gasteiger partial charge in [0.15, 0.2) is 30.9 Å². The molecule has 7 rings (SSSR count). The van der Waals surface area contributed by atoms with Gasteiger partial charge < -0.3 is 33.2 Å². The third-order valence-corrected chi connectivity index (χ3v) is 8.70. The van der Waals surface area contributed by atoms with Crippen molar-refractivity contribution in [3.8, 4) is 0 Å². The number of hydrogen-bond donors (Lipinski definition) is 0. The van der Waals surface area contributed by atoms with E-state index < -0.39 is 61.0 Å². The molecule has 0 N–H and O–H groups in total. The first-order valence-corrected chi connectivity index (χ1v) is 17.0. The molecule has 0 radical (unpaired) electrons. The van der Waals surface area contributed by atoms with Crippen molar-refractivity contribution >= 4 is 17.9 Å². The Labute approximate surface area is 300 Å². The molecule has 2 fully saturated rings. The fourth-order valence-corrected chi connectivity index (χ4v) is 6.09. The molecule has 6 atom stereocenters. The number of esters is 3. The Morgan fingerprint density at radius 1 is 0.462 bits per heavy atom. The van der Waals surface area contributed by atoms with Crippen molar-refractivity contribution in [2.24, 2.45) is 0 Å². The van der Waals surface area contributed by atoms with E-state index in [9.17, 15) is 14.4 Å². The quantitative estimate of drug-likeness (QED) is 0.113. The van der Waals surface area contributed by atoms with Gasteiger partial charge in [0.25, 0.3) is 0 Å². The molecule has 0 aliphatic carbocycles. The van der Waals surface area contributed by atoms with Gasteiger partial charge >= 0.3 is 17.9 Å². The first-order valence-electron chi connectivity index (χ1n) is 17.0. The van der Waals surface area contributed by atoms with Crippen molar-refractivity contribution < 1.29 is 47.5 Å². The second-order valence-electron chi connectivity index (χ2n) is 12.2. The summed E-state index contributed by atoms with van der Waals surface area (Å²) in [5, 5.41) is 0. The number of carbonyl (C=O) groups is 3. The number of hydrogen-bond acceptors (Lipinski definition) is 10. The van der Waals surface area contributed by atoms with Crippen molar-refractivity contribution in [2.45, 2.75) is 43.1 Å². The van der Waals surface area contributed by atoms with E-state index in [0.717, 1.165) is 0 Å². The minimum absolute atomic E-state index is 0.109. The van der Waals surface area contributed by atoms with E-state index in [-0.39, 0.29) is 18.8 Å². The van der Waals surface area contributed by atoms with Crippen molar-refractivity contribution in [3.63, 3.8) is 0 Å². The zero-order chi connectivity index (χ0) is 35.7. The molecule has 10 nitrogen and oxygen atoms in total. The summed E-state index contributed by atoms with van der Waals surface area (Å²) in [4.78, 5) is 40.9. The van der Waals surface area contributed by atoms with Crippen molar-refractivity contribution in [3.05, 3.63) is 179 Å². The van der Waals surface area contributed by atoms with Crippen LogP contribution < -0.4 is 0 Å². The van der Waals surface area contributed by atoms with Crippen LogP contribution in [0.3, 0.4) is 0 Å². The fourth-order valence-electron chi connectivity index (χ4n) is 6.09. The third kappa shape index (κ3) is 8.28. The Kier molecular flexibility index (Phi) is 11.1. The van der Waals surface area contributed by atoms with E-state index in [2.05, 4.69) is 0 Å². The van der Waals surface area contributed by atoms with Gasteiger partial charge in [0.2, 0.25) is 0 Å². The lowest BCUT2D eigenvalue weighted by atomic mass is 9.96. The Balaban J connectivity index is 1.29. The van der Waals surface area contributed by atoms with Gasteiger partial charge in [0.1, 0.15) is 12.2 Å². The highest BCUT2D eigenvalue weighted by molar-refractivity contribution is 5.90. The van der Waals surface area contributed by atoms with Crippen LogP contribution in [0.1, 0.15) is 54.8 Å². The van der Waals surface area contributed by atoms with Crippen LogP contribution in [0.4, 0.5) is 0 Å². The molecule has 6 unspecified atom stereocenters. The maximum Gasteiger partial charge on any atom is 0.338 e. The van der Waals surface area contributed by atoms with Gasteiger partial charge in [-0.15, -0.1) is 0 Å². The van der Waals surface area contributed by atoms with Crippen molar-refractivity contribution in [1.82, 2.24) is 0 Å².